The van der Waals surface area contributed by atoms with Gasteiger partial charge in [0.05, 0.1) is 18.7 Å². The molecule has 0 saturated carbocycles. The lowest BCUT2D eigenvalue weighted by molar-refractivity contribution is -0.121. The van der Waals surface area contributed by atoms with Gasteiger partial charge in [-0.2, -0.15) is 0 Å². The predicted molar refractivity (Wildman–Crippen MR) is 96.0 cm³/mol. The fraction of sp³-hybridized carbons (Fsp3) is 0.350. The maximum atomic E-state index is 13.0. The second kappa shape index (κ2) is 8.12. The number of nitrogens with zero attached hydrogens (tertiary/aromatic N) is 1. The lowest BCUT2D eigenvalue weighted by atomic mass is 9.96. The number of ether oxygens (including phenoxy) is 1. The normalized spacial score (nSPS) is 17.9. The van der Waals surface area contributed by atoms with E-state index < -0.39 is 0 Å². The van der Waals surface area contributed by atoms with Gasteiger partial charge in [0.2, 0.25) is 5.91 Å². The molecule has 5 heteroatoms. The number of methoxy groups -OCH3 is 1. The Kier molecular flexibility index (Phi) is 5.66. The van der Waals surface area contributed by atoms with Gasteiger partial charge in [0.15, 0.2) is 0 Å². The Hall–Kier alpha value is -2.40. The largest absolute Gasteiger partial charge is 0.495 e. The minimum absolute atomic E-state index is 0.0216. The number of rotatable bonds is 5. The molecule has 0 aliphatic carbocycles. The predicted octanol–water partition coefficient (Wildman–Crippen LogP) is 3.69. The number of benzene rings is 2. The molecular weight excluding hydrogens is 319 g/mol. The van der Waals surface area contributed by atoms with Gasteiger partial charge in [-0.25, -0.2) is 4.39 Å². The van der Waals surface area contributed by atoms with Crippen molar-refractivity contribution in [2.45, 2.75) is 19.4 Å². The number of anilines is 1. The van der Waals surface area contributed by atoms with Gasteiger partial charge >= 0.3 is 0 Å². The molecule has 0 spiro atoms. The van der Waals surface area contributed by atoms with E-state index in [-0.39, 0.29) is 17.6 Å². The van der Waals surface area contributed by atoms with Crippen molar-refractivity contribution < 1.29 is 13.9 Å². The minimum Gasteiger partial charge on any atom is -0.495 e. The molecule has 1 aliphatic rings. The molecule has 1 amide bonds. The second-order valence-electron chi connectivity index (χ2n) is 6.39. The third-order valence-corrected chi connectivity index (χ3v) is 4.56. The van der Waals surface area contributed by atoms with E-state index >= 15 is 0 Å². The number of nitrogens with one attached hydrogen (secondary N) is 1. The maximum Gasteiger partial charge on any atom is 0.228 e. The number of hydrogen-bond donors (Lipinski definition) is 1. The summed E-state index contributed by atoms with van der Waals surface area (Å²) < 4.78 is 18.3. The van der Waals surface area contributed by atoms with E-state index in [1.165, 1.54) is 12.1 Å². The van der Waals surface area contributed by atoms with E-state index in [0.717, 1.165) is 31.5 Å². The van der Waals surface area contributed by atoms with E-state index in [1.807, 2.05) is 24.3 Å². The maximum absolute atomic E-state index is 13.0. The molecular formula is C20H23FN2O2. The molecule has 2 aromatic rings. The van der Waals surface area contributed by atoms with E-state index in [1.54, 1.807) is 19.2 Å². The van der Waals surface area contributed by atoms with Crippen LogP contribution in [0.2, 0.25) is 0 Å². The van der Waals surface area contributed by atoms with E-state index in [2.05, 4.69) is 10.2 Å². The monoisotopic (exact) mass is 342 g/mol. The quantitative estimate of drug-likeness (QED) is 0.901. The number of para-hydroxylation sites is 2. The highest BCUT2D eigenvalue weighted by Gasteiger charge is 2.26. The highest BCUT2D eigenvalue weighted by atomic mass is 19.1. The topological polar surface area (TPSA) is 41.6 Å². The van der Waals surface area contributed by atoms with Crippen LogP contribution in [-0.4, -0.2) is 31.0 Å². The van der Waals surface area contributed by atoms with Crippen molar-refractivity contribution in [1.82, 2.24) is 4.90 Å². The number of likely N-dealkylation sites (tertiary alicyclic amines) is 1. The fourth-order valence-corrected chi connectivity index (χ4v) is 3.24. The van der Waals surface area contributed by atoms with Crippen molar-refractivity contribution in [3.63, 3.8) is 0 Å². The van der Waals surface area contributed by atoms with Gasteiger partial charge in [-0.05, 0) is 49.2 Å². The van der Waals surface area contributed by atoms with Crippen LogP contribution in [0.1, 0.15) is 18.4 Å². The molecule has 0 radical (unpaired) electrons. The SMILES string of the molecule is COc1ccccc1NC(=O)[C@H]1CCCN(Cc2ccc(F)cc2)C1. The lowest BCUT2D eigenvalue weighted by Gasteiger charge is -2.32. The van der Waals surface area contributed by atoms with Crippen molar-refractivity contribution in [2.24, 2.45) is 5.92 Å². The number of piperidine rings is 1. The molecule has 0 bridgehead atoms. The third-order valence-electron chi connectivity index (χ3n) is 4.56. The van der Waals surface area contributed by atoms with Gasteiger partial charge in [-0.15, -0.1) is 0 Å². The molecule has 1 heterocycles. The summed E-state index contributed by atoms with van der Waals surface area (Å²) in [5.41, 5.74) is 1.76. The fourth-order valence-electron chi connectivity index (χ4n) is 3.24. The van der Waals surface area contributed by atoms with Crippen LogP contribution in [-0.2, 0) is 11.3 Å². The molecule has 1 aliphatic heterocycles. The first-order chi connectivity index (χ1) is 12.2. The van der Waals surface area contributed by atoms with Crippen molar-refractivity contribution in [3.8, 4) is 5.75 Å². The number of halogens is 1. The molecule has 132 valence electrons. The van der Waals surface area contributed by atoms with Crippen molar-refractivity contribution in [2.75, 3.05) is 25.5 Å². The zero-order valence-corrected chi connectivity index (χ0v) is 14.4. The standard InChI is InChI=1S/C20H23FN2O2/c1-25-19-7-3-2-6-18(19)22-20(24)16-5-4-12-23(14-16)13-15-8-10-17(21)11-9-15/h2-3,6-11,16H,4-5,12-14H2,1H3,(H,22,24)/t16-/m0/s1. The smallest absolute Gasteiger partial charge is 0.228 e. The van der Waals surface area contributed by atoms with Gasteiger partial charge in [0.25, 0.3) is 0 Å². The number of amides is 1. The Morgan fingerprint density at radius 2 is 2.00 bits per heavy atom. The first kappa shape index (κ1) is 17.4. The lowest BCUT2D eigenvalue weighted by Crippen LogP contribution is -2.40. The molecule has 1 saturated heterocycles. The first-order valence-electron chi connectivity index (χ1n) is 8.56. The summed E-state index contributed by atoms with van der Waals surface area (Å²) in [6.45, 7) is 2.40. The van der Waals surface area contributed by atoms with Crippen LogP contribution in [0, 0.1) is 11.7 Å². The number of carbonyl (C=O) groups is 1. The number of hydrogen-bond acceptors (Lipinski definition) is 3. The van der Waals surface area contributed by atoms with Crippen LogP contribution in [0.5, 0.6) is 5.75 Å². The van der Waals surface area contributed by atoms with Crippen molar-refractivity contribution >= 4 is 11.6 Å². The summed E-state index contributed by atoms with van der Waals surface area (Å²) in [6.07, 6.45) is 1.85. The Morgan fingerprint density at radius 1 is 1.24 bits per heavy atom. The van der Waals surface area contributed by atoms with E-state index in [0.29, 0.717) is 18.0 Å². The molecule has 25 heavy (non-hydrogen) atoms. The first-order valence-corrected chi connectivity index (χ1v) is 8.56. The van der Waals surface area contributed by atoms with Crippen LogP contribution in [0.15, 0.2) is 48.5 Å². The van der Waals surface area contributed by atoms with Crippen molar-refractivity contribution in [1.29, 1.82) is 0 Å². The summed E-state index contributed by atoms with van der Waals surface area (Å²) in [5.74, 6) is 0.402. The summed E-state index contributed by atoms with van der Waals surface area (Å²) in [6, 6.07) is 14.0. The van der Waals surface area contributed by atoms with Gasteiger partial charge in [0, 0.05) is 13.1 Å². The van der Waals surface area contributed by atoms with Crippen LogP contribution >= 0.6 is 0 Å². The molecule has 3 rings (SSSR count). The summed E-state index contributed by atoms with van der Waals surface area (Å²) in [5, 5.41) is 2.98. The molecule has 1 N–H and O–H groups in total. The third kappa shape index (κ3) is 4.57. The van der Waals surface area contributed by atoms with Gasteiger partial charge in [-0.3, -0.25) is 9.69 Å². The Bertz CT molecular complexity index is 718. The zero-order valence-electron chi connectivity index (χ0n) is 14.4. The Balaban J connectivity index is 1.60. The number of carbonyl (C=O) groups excluding carboxylic acids is 1. The average molecular weight is 342 g/mol. The Labute approximate surface area is 147 Å². The van der Waals surface area contributed by atoms with Crippen LogP contribution in [0.3, 0.4) is 0 Å². The molecule has 4 nitrogen and oxygen atoms in total. The average Bonchev–Trinajstić information content (AvgIpc) is 2.64. The van der Waals surface area contributed by atoms with Gasteiger partial charge in [0.1, 0.15) is 11.6 Å². The van der Waals surface area contributed by atoms with Crippen molar-refractivity contribution in [3.05, 3.63) is 59.9 Å². The second-order valence-corrected chi connectivity index (χ2v) is 6.39. The van der Waals surface area contributed by atoms with Gasteiger partial charge in [-0.1, -0.05) is 24.3 Å². The molecule has 1 fully saturated rings. The summed E-state index contributed by atoms with van der Waals surface area (Å²) >= 11 is 0. The van der Waals surface area contributed by atoms with Crippen LogP contribution in [0.4, 0.5) is 10.1 Å². The Morgan fingerprint density at radius 3 is 2.76 bits per heavy atom. The molecule has 0 unspecified atom stereocenters. The van der Waals surface area contributed by atoms with Crippen LogP contribution in [0.25, 0.3) is 0 Å². The van der Waals surface area contributed by atoms with E-state index in [4.69, 9.17) is 4.74 Å². The highest BCUT2D eigenvalue weighted by Crippen LogP contribution is 2.25. The molecule has 1 atom stereocenters. The molecule has 2 aromatic carbocycles. The van der Waals surface area contributed by atoms with Crippen LogP contribution < -0.4 is 10.1 Å². The van der Waals surface area contributed by atoms with E-state index in [9.17, 15) is 9.18 Å². The van der Waals surface area contributed by atoms with Gasteiger partial charge < -0.3 is 10.1 Å². The zero-order chi connectivity index (χ0) is 17.6. The molecule has 0 aromatic heterocycles. The highest BCUT2D eigenvalue weighted by molar-refractivity contribution is 5.94. The summed E-state index contributed by atoms with van der Waals surface area (Å²) in [7, 11) is 1.59. The summed E-state index contributed by atoms with van der Waals surface area (Å²) in [4.78, 5) is 14.9. The minimum atomic E-state index is -0.226.